The molecule has 0 amide bonds. The van der Waals surface area contributed by atoms with Crippen molar-refractivity contribution in [2.24, 2.45) is 13.0 Å². The van der Waals surface area contributed by atoms with E-state index in [-0.39, 0.29) is 11.7 Å². The third kappa shape index (κ3) is 4.81. The standard InChI is InChI=1S/C25H26N8O2/c1-14-10-22(29-15(2)28-14)31-21-11-20(18(12-26-21)23(34)16-8-9-16)30-19-7-5-6-17(24(19)35-4)25-27-13-33(3)32-25/h5-7,10-13,16H,8-9H2,1-4H3,(H2,26,28,29,30,31). The van der Waals surface area contributed by atoms with E-state index in [2.05, 4.69) is 35.7 Å². The number of aryl methyl sites for hydroxylation is 3. The van der Waals surface area contributed by atoms with Gasteiger partial charge in [-0.1, -0.05) is 6.07 Å². The summed E-state index contributed by atoms with van der Waals surface area (Å²) >= 11 is 0. The molecule has 10 nitrogen and oxygen atoms in total. The Morgan fingerprint density at radius 3 is 2.57 bits per heavy atom. The van der Waals surface area contributed by atoms with Crippen molar-refractivity contribution in [1.29, 1.82) is 0 Å². The van der Waals surface area contributed by atoms with Gasteiger partial charge in [-0.2, -0.15) is 5.10 Å². The summed E-state index contributed by atoms with van der Waals surface area (Å²) in [6.07, 6.45) is 5.06. The lowest BCUT2D eigenvalue weighted by atomic mass is 10.1. The molecular weight excluding hydrogens is 444 g/mol. The first-order chi connectivity index (χ1) is 16.9. The molecule has 3 aromatic heterocycles. The number of rotatable bonds is 8. The second kappa shape index (κ2) is 9.13. The Labute approximate surface area is 202 Å². The summed E-state index contributed by atoms with van der Waals surface area (Å²) in [5.41, 5.74) is 3.45. The highest BCUT2D eigenvalue weighted by Crippen LogP contribution is 2.39. The smallest absolute Gasteiger partial charge is 0.184 e. The van der Waals surface area contributed by atoms with E-state index in [0.29, 0.717) is 46.0 Å². The Kier molecular flexibility index (Phi) is 5.86. The molecule has 4 aromatic rings. The summed E-state index contributed by atoms with van der Waals surface area (Å²) in [4.78, 5) is 30.6. The molecule has 0 saturated heterocycles. The van der Waals surface area contributed by atoms with Crippen LogP contribution in [0.1, 0.15) is 34.7 Å². The fourth-order valence-corrected chi connectivity index (χ4v) is 3.94. The van der Waals surface area contributed by atoms with E-state index >= 15 is 0 Å². The third-order valence-corrected chi connectivity index (χ3v) is 5.67. The minimum atomic E-state index is 0.0503. The molecular formula is C25H26N8O2. The van der Waals surface area contributed by atoms with Gasteiger partial charge in [-0.05, 0) is 38.8 Å². The SMILES string of the molecule is COc1c(Nc2cc(Nc3cc(C)nc(C)n3)ncc2C(=O)C2CC2)cccc1-c1ncn(C)n1. The zero-order valence-corrected chi connectivity index (χ0v) is 20.0. The fourth-order valence-electron chi connectivity index (χ4n) is 3.94. The molecule has 35 heavy (non-hydrogen) atoms. The molecule has 0 radical (unpaired) electrons. The molecule has 2 N–H and O–H groups in total. The number of carbonyl (C=O) groups is 1. The van der Waals surface area contributed by atoms with Crippen LogP contribution in [-0.4, -0.2) is 42.6 Å². The Morgan fingerprint density at radius 1 is 1.06 bits per heavy atom. The molecule has 0 bridgehead atoms. The van der Waals surface area contributed by atoms with Gasteiger partial charge in [-0.25, -0.2) is 19.9 Å². The number of hydrogen-bond acceptors (Lipinski definition) is 9. The number of ketones is 1. The molecule has 178 valence electrons. The number of para-hydroxylation sites is 1. The van der Waals surface area contributed by atoms with E-state index in [9.17, 15) is 4.79 Å². The minimum Gasteiger partial charge on any atom is -0.494 e. The summed E-state index contributed by atoms with van der Waals surface area (Å²) in [6.45, 7) is 3.75. The van der Waals surface area contributed by atoms with E-state index in [1.165, 1.54) is 0 Å². The highest BCUT2D eigenvalue weighted by atomic mass is 16.5. The predicted molar refractivity (Wildman–Crippen MR) is 132 cm³/mol. The van der Waals surface area contributed by atoms with Crippen molar-refractivity contribution in [3.63, 3.8) is 0 Å². The van der Waals surface area contributed by atoms with Gasteiger partial charge in [0.15, 0.2) is 17.4 Å². The van der Waals surface area contributed by atoms with Crippen molar-refractivity contribution >= 4 is 28.8 Å². The Morgan fingerprint density at radius 2 is 1.89 bits per heavy atom. The molecule has 0 unspecified atom stereocenters. The molecule has 0 spiro atoms. The van der Waals surface area contributed by atoms with Crippen molar-refractivity contribution in [2.75, 3.05) is 17.7 Å². The van der Waals surface area contributed by atoms with Crippen LogP contribution in [0.2, 0.25) is 0 Å². The molecule has 5 rings (SSSR count). The van der Waals surface area contributed by atoms with Crippen LogP contribution < -0.4 is 15.4 Å². The van der Waals surface area contributed by atoms with E-state index in [1.54, 1.807) is 24.3 Å². The van der Waals surface area contributed by atoms with E-state index in [0.717, 1.165) is 24.1 Å². The van der Waals surface area contributed by atoms with Crippen molar-refractivity contribution in [1.82, 2.24) is 29.7 Å². The van der Waals surface area contributed by atoms with Gasteiger partial charge in [-0.15, -0.1) is 0 Å². The lowest BCUT2D eigenvalue weighted by Gasteiger charge is -2.17. The van der Waals surface area contributed by atoms with E-state index in [1.807, 2.05) is 51.2 Å². The molecule has 10 heteroatoms. The van der Waals surface area contributed by atoms with Crippen LogP contribution in [0.3, 0.4) is 0 Å². The zero-order valence-electron chi connectivity index (χ0n) is 20.0. The van der Waals surface area contributed by atoms with Gasteiger partial charge in [0.1, 0.15) is 23.8 Å². The molecule has 0 atom stereocenters. The lowest BCUT2D eigenvalue weighted by molar-refractivity contribution is 0.0968. The quantitative estimate of drug-likeness (QED) is 0.362. The first-order valence-electron chi connectivity index (χ1n) is 11.3. The van der Waals surface area contributed by atoms with Crippen LogP contribution in [0, 0.1) is 19.8 Å². The van der Waals surface area contributed by atoms with Gasteiger partial charge in [-0.3, -0.25) is 9.48 Å². The first-order valence-corrected chi connectivity index (χ1v) is 11.3. The Balaban J connectivity index is 1.53. The fraction of sp³-hybridized carbons (Fsp3) is 0.280. The minimum absolute atomic E-state index is 0.0503. The number of anilines is 4. The topological polar surface area (TPSA) is 120 Å². The van der Waals surface area contributed by atoms with Crippen molar-refractivity contribution < 1.29 is 9.53 Å². The normalized spacial score (nSPS) is 12.9. The number of carbonyl (C=O) groups excluding carboxylic acids is 1. The molecule has 3 heterocycles. The van der Waals surface area contributed by atoms with Crippen LogP contribution in [-0.2, 0) is 7.05 Å². The molecule has 0 aliphatic heterocycles. The summed E-state index contributed by atoms with van der Waals surface area (Å²) in [7, 11) is 3.41. The maximum absolute atomic E-state index is 13.0. The van der Waals surface area contributed by atoms with Gasteiger partial charge < -0.3 is 15.4 Å². The zero-order chi connectivity index (χ0) is 24.5. The maximum atomic E-state index is 13.0. The van der Waals surface area contributed by atoms with Gasteiger partial charge in [0.25, 0.3) is 0 Å². The summed E-state index contributed by atoms with van der Waals surface area (Å²) in [5.74, 6) is 3.12. The van der Waals surface area contributed by atoms with Crippen LogP contribution in [0.4, 0.5) is 23.0 Å². The number of hydrogen-bond donors (Lipinski definition) is 2. The predicted octanol–water partition coefficient (Wildman–Crippen LogP) is 4.37. The summed E-state index contributed by atoms with van der Waals surface area (Å²) in [6, 6.07) is 9.34. The molecule has 1 saturated carbocycles. The lowest BCUT2D eigenvalue weighted by Crippen LogP contribution is -2.09. The highest BCUT2D eigenvalue weighted by molar-refractivity contribution is 6.04. The van der Waals surface area contributed by atoms with Crippen molar-refractivity contribution in [2.45, 2.75) is 26.7 Å². The molecule has 1 aliphatic rings. The number of ether oxygens (including phenoxy) is 1. The Bertz CT molecular complexity index is 1390. The first kappa shape index (κ1) is 22.5. The van der Waals surface area contributed by atoms with Crippen LogP contribution in [0.25, 0.3) is 11.4 Å². The second-order valence-electron chi connectivity index (χ2n) is 8.57. The van der Waals surface area contributed by atoms with Crippen LogP contribution in [0.15, 0.2) is 42.9 Å². The second-order valence-corrected chi connectivity index (χ2v) is 8.57. The number of aromatic nitrogens is 6. The number of Topliss-reactive ketones (excluding diaryl/α,β-unsaturated/α-hetero) is 1. The van der Waals surface area contributed by atoms with Crippen molar-refractivity contribution in [3.8, 4) is 17.1 Å². The summed E-state index contributed by atoms with van der Waals surface area (Å²) in [5, 5.41) is 11.0. The average molecular weight is 471 g/mol. The molecule has 1 aromatic carbocycles. The van der Waals surface area contributed by atoms with Crippen molar-refractivity contribution in [3.05, 3.63) is 59.9 Å². The number of benzene rings is 1. The third-order valence-electron chi connectivity index (χ3n) is 5.67. The number of methoxy groups -OCH3 is 1. The van der Waals surface area contributed by atoms with E-state index in [4.69, 9.17) is 4.74 Å². The summed E-state index contributed by atoms with van der Waals surface area (Å²) < 4.78 is 7.38. The maximum Gasteiger partial charge on any atom is 0.184 e. The number of nitrogens with zero attached hydrogens (tertiary/aromatic N) is 6. The largest absolute Gasteiger partial charge is 0.494 e. The Hall–Kier alpha value is -4.34. The number of pyridine rings is 1. The average Bonchev–Trinajstić information content (AvgIpc) is 3.58. The van der Waals surface area contributed by atoms with Gasteiger partial charge >= 0.3 is 0 Å². The van der Waals surface area contributed by atoms with E-state index < -0.39 is 0 Å². The molecule has 1 aliphatic carbocycles. The number of nitrogens with one attached hydrogen (secondary N) is 2. The van der Waals surface area contributed by atoms with Crippen LogP contribution >= 0.6 is 0 Å². The molecule has 1 fully saturated rings. The van der Waals surface area contributed by atoms with Crippen LogP contribution in [0.5, 0.6) is 5.75 Å². The monoisotopic (exact) mass is 470 g/mol. The van der Waals surface area contributed by atoms with Gasteiger partial charge in [0.05, 0.1) is 29.6 Å². The van der Waals surface area contributed by atoms with Gasteiger partial charge in [0.2, 0.25) is 0 Å². The van der Waals surface area contributed by atoms with Gasteiger partial charge in [0, 0.05) is 37.0 Å². The highest BCUT2D eigenvalue weighted by Gasteiger charge is 2.32.